The average Bonchev–Trinajstić information content (AvgIpc) is 3.17. The van der Waals surface area contributed by atoms with Crippen LogP contribution in [0, 0.1) is 23.7 Å². The van der Waals surface area contributed by atoms with Crippen molar-refractivity contribution in [2.75, 3.05) is 0 Å². The normalized spacial score (nSPS) is 33.1. The van der Waals surface area contributed by atoms with E-state index in [4.69, 9.17) is 0 Å². The number of allylic oxidation sites excluding steroid dienone is 2. The molecule has 2 bridgehead atoms. The van der Waals surface area contributed by atoms with E-state index in [2.05, 4.69) is 31.2 Å². The van der Waals surface area contributed by atoms with E-state index in [1.807, 2.05) is 12.1 Å². The fraction of sp³-hybridized carbons (Fsp3) is 0.444. The molecule has 0 N–H and O–H groups in total. The monoisotopic (exact) mass is 281 g/mol. The van der Waals surface area contributed by atoms with Crippen molar-refractivity contribution in [1.29, 1.82) is 0 Å². The number of imide groups is 1. The van der Waals surface area contributed by atoms with Crippen LogP contribution in [0.1, 0.15) is 24.5 Å². The van der Waals surface area contributed by atoms with Crippen LogP contribution in [-0.2, 0) is 22.6 Å². The van der Waals surface area contributed by atoms with Crippen molar-refractivity contribution >= 4 is 11.8 Å². The Kier molecular flexibility index (Phi) is 2.78. The van der Waals surface area contributed by atoms with Crippen LogP contribution in [0.4, 0.5) is 0 Å². The number of hydrogen-bond donors (Lipinski definition) is 0. The van der Waals surface area contributed by atoms with E-state index >= 15 is 0 Å². The lowest BCUT2D eigenvalue weighted by Gasteiger charge is -2.17. The van der Waals surface area contributed by atoms with Crippen molar-refractivity contribution in [3.05, 3.63) is 47.5 Å². The number of fused-ring (bicyclic) bond motifs is 5. The lowest BCUT2D eigenvalue weighted by atomic mass is 9.85. The van der Waals surface area contributed by atoms with Crippen LogP contribution in [0.5, 0.6) is 0 Å². The molecule has 21 heavy (non-hydrogen) atoms. The summed E-state index contributed by atoms with van der Waals surface area (Å²) in [7, 11) is 0. The van der Waals surface area contributed by atoms with Crippen LogP contribution in [0.25, 0.3) is 0 Å². The molecule has 4 unspecified atom stereocenters. The zero-order chi connectivity index (χ0) is 14.6. The summed E-state index contributed by atoms with van der Waals surface area (Å²) in [5, 5.41) is 0. The third kappa shape index (κ3) is 1.80. The predicted molar refractivity (Wildman–Crippen MR) is 79.1 cm³/mol. The van der Waals surface area contributed by atoms with Gasteiger partial charge in [-0.05, 0) is 35.8 Å². The van der Waals surface area contributed by atoms with Crippen molar-refractivity contribution < 1.29 is 9.59 Å². The van der Waals surface area contributed by atoms with Crippen LogP contribution >= 0.6 is 0 Å². The largest absolute Gasteiger partial charge is 0.278 e. The highest BCUT2D eigenvalue weighted by molar-refractivity contribution is 6.06. The van der Waals surface area contributed by atoms with Crippen molar-refractivity contribution in [3.63, 3.8) is 0 Å². The van der Waals surface area contributed by atoms with E-state index in [0.29, 0.717) is 18.4 Å². The van der Waals surface area contributed by atoms with Gasteiger partial charge in [0.25, 0.3) is 0 Å². The second kappa shape index (κ2) is 4.55. The third-order valence-corrected chi connectivity index (χ3v) is 5.30. The molecule has 3 aliphatic rings. The summed E-state index contributed by atoms with van der Waals surface area (Å²) < 4.78 is 0. The first-order chi connectivity index (χ1) is 10.2. The van der Waals surface area contributed by atoms with Gasteiger partial charge in [-0.25, -0.2) is 0 Å². The number of benzene rings is 1. The molecule has 1 aromatic carbocycles. The van der Waals surface area contributed by atoms with Crippen LogP contribution in [0.15, 0.2) is 36.4 Å². The Labute approximate surface area is 124 Å². The van der Waals surface area contributed by atoms with Gasteiger partial charge < -0.3 is 0 Å². The number of nitrogens with zero attached hydrogens (tertiary/aromatic N) is 1. The summed E-state index contributed by atoms with van der Waals surface area (Å²) in [6.45, 7) is 2.54. The molecule has 2 amide bonds. The highest BCUT2D eigenvalue weighted by Crippen LogP contribution is 2.52. The van der Waals surface area contributed by atoms with Gasteiger partial charge >= 0.3 is 0 Å². The topological polar surface area (TPSA) is 37.4 Å². The summed E-state index contributed by atoms with van der Waals surface area (Å²) in [4.78, 5) is 26.7. The zero-order valence-corrected chi connectivity index (χ0v) is 12.2. The van der Waals surface area contributed by atoms with E-state index in [1.165, 1.54) is 10.5 Å². The third-order valence-electron chi connectivity index (χ3n) is 5.30. The second-order valence-corrected chi connectivity index (χ2v) is 6.44. The molecule has 0 spiro atoms. The number of aryl methyl sites for hydroxylation is 1. The number of carbonyl (C=O) groups excluding carboxylic acids is 2. The molecule has 1 aliphatic heterocycles. The molecule has 0 aromatic heterocycles. The minimum absolute atomic E-state index is 0.0451. The minimum atomic E-state index is -0.0816. The Morgan fingerprint density at radius 1 is 1.05 bits per heavy atom. The molecule has 2 aliphatic carbocycles. The van der Waals surface area contributed by atoms with E-state index < -0.39 is 0 Å². The summed E-state index contributed by atoms with van der Waals surface area (Å²) in [6.07, 6.45) is 6.23. The molecule has 0 radical (unpaired) electrons. The lowest BCUT2D eigenvalue weighted by molar-refractivity contribution is -0.141. The first-order valence-corrected chi connectivity index (χ1v) is 7.80. The van der Waals surface area contributed by atoms with E-state index in [-0.39, 0.29) is 23.7 Å². The molecule has 1 saturated carbocycles. The summed E-state index contributed by atoms with van der Waals surface area (Å²) in [6, 6.07) is 8.18. The number of hydrogen-bond acceptors (Lipinski definition) is 2. The Morgan fingerprint density at radius 2 is 1.67 bits per heavy atom. The molecular weight excluding hydrogens is 262 g/mol. The number of rotatable bonds is 3. The molecule has 4 atom stereocenters. The zero-order valence-electron chi connectivity index (χ0n) is 12.2. The fourth-order valence-corrected chi connectivity index (χ4v) is 4.25. The van der Waals surface area contributed by atoms with Gasteiger partial charge in [0.2, 0.25) is 11.8 Å². The van der Waals surface area contributed by atoms with Crippen molar-refractivity contribution in [2.24, 2.45) is 23.7 Å². The maximum Gasteiger partial charge on any atom is 0.234 e. The van der Waals surface area contributed by atoms with Gasteiger partial charge in [0.15, 0.2) is 0 Å². The van der Waals surface area contributed by atoms with Gasteiger partial charge in [-0.2, -0.15) is 0 Å². The Hall–Kier alpha value is -1.90. The maximum absolute atomic E-state index is 12.6. The Morgan fingerprint density at radius 3 is 2.29 bits per heavy atom. The molecule has 4 rings (SSSR count). The van der Waals surface area contributed by atoms with Crippen LogP contribution in [-0.4, -0.2) is 16.7 Å². The Balaban J connectivity index is 1.59. The number of amides is 2. The maximum atomic E-state index is 12.6. The number of carbonyl (C=O) groups is 2. The van der Waals surface area contributed by atoms with Crippen LogP contribution in [0.2, 0.25) is 0 Å². The SMILES string of the molecule is CCc1cccc(CN2C(=O)C3C4C=CC(C4)C3C2=O)c1. The summed E-state index contributed by atoms with van der Waals surface area (Å²) in [5.41, 5.74) is 2.30. The summed E-state index contributed by atoms with van der Waals surface area (Å²) >= 11 is 0. The van der Waals surface area contributed by atoms with Crippen molar-refractivity contribution in [2.45, 2.75) is 26.3 Å². The smallest absolute Gasteiger partial charge is 0.234 e. The molecule has 3 nitrogen and oxygen atoms in total. The predicted octanol–water partition coefficient (Wildman–Crippen LogP) is 2.56. The first-order valence-electron chi connectivity index (χ1n) is 7.80. The van der Waals surface area contributed by atoms with Crippen LogP contribution in [0.3, 0.4) is 0 Å². The van der Waals surface area contributed by atoms with Crippen LogP contribution < -0.4 is 0 Å². The molecular formula is C18H19NO2. The molecule has 108 valence electrons. The molecule has 1 saturated heterocycles. The van der Waals surface area contributed by atoms with Crippen molar-refractivity contribution in [3.8, 4) is 0 Å². The van der Waals surface area contributed by atoms with Gasteiger partial charge in [-0.3, -0.25) is 14.5 Å². The van der Waals surface area contributed by atoms with Gasteiger partial charge in [-0.15, -0.1) is 0 Å². The highest BCUT2D eigenvalue weighted by atomic mass is 16.2. The van der Waals surface area contributed by atoms with Gasteiger partial charge in [0, 0.05) is 0 Å². The average molecular weight is 281 g/mol. The van der Waals surface area contributed by atoms with Crippen molar-refractivity contribution in [1.82, 2.24) is 4.90 Å². The van der Waals surface area contributed by atoms with Gasteiger partial charge in [0.1, 0.15) is 0 Å². The van der Waals surface area contributed by atoms with E-state index in [0.717, 1.165) is 18.4 Å². The lowest BCUT2D eigenvalue weighted by Crippen LogP contribution is -2.32. The molecule has 1 aromatic rings. The quantitative estimate of drug-likeness (QED) is 0.631. The highest BCUT2D eigenvalue weighted by Gasteiger charge is 2.59. The second-order valence-electron chi connectivity index (χ2n) is 6.44. The summed E-state index contributed by atoms with van der Waals surface area (Å²) in [5.74, 6) is 0.517. The van der Waals surface area contributed by atoms with E-state index in [1.54, 1.807) is 0 Å². The molecule has 1 heterocycles. The first kappa shape index (κ1) is 12.8. The Bertz CT molecular complexity index is 618. The standard InChI is InChI=1S/C18H19NO2/c1-2-11-4-3-5-12(8-11)10-19-17(20)15-13-6-7-14(9-13)16(15)18(19)21/h3-8,13-16H,2,9-10H2,1H3. The minimum Gasteiger partial charge on any atom is -0.278 e. The van der Waals surface area contributed by atoms with Gasteiger partial charge in [-0.1, -0.05) is 43.3 Å². The van der Waals surface area contributed by atoms with E-state index in [9.17, 15) is 9.59 Å². The van der Waals surface area contributed by atoms with Gasteiger partial charge in [0.05, 0.1) is 18.4 Å². The number of likely N-dealkylation sites (tertiary alicyclic amines) is 1. The molecule has 2 fully saturated rings. The fourth-order valence-electron chi connectivity index (χ4n) is 4.25. The molecule has 3 heteroatoms.